The van der Waals surface area contributed by atoms with Crippen molar-refractivity contribution >= 4 is 35.0 Å². The molecule has 1 amide bonds. The van der Waals surface area contributed by atoms with Crippen LogP contribution < -0.4 is 9.41 Å². The molecule has 0 aliphatic rings. The van der Waals surface area contributed by atoms with Crippen LogP contribution in [0.25, 0.3) is 0 Å². The summed E-state index contributed by atoms with van der Waals surface area (Å²) in [6.45, 7) is 7.56. The summed E-state index contributed by atoms with van der Waals surface area (Å²) >= 11 is 7.08. The number of ether oxygens (including phenoxy) is 1. The largest absolute Gasteiger partial charge is 0.496 e. The van der Waals surface area contributed by atoms with Crippen molar-refractivity contribution in [3.8, 4) is 5.75 Å². The third-order valence-electron chi connectivity index (χ3n) is 3.48. The lowest BCUT2D eigenvalue weighted by molar-refractivity contribution is 0.0694. The van der Waals surface area contributed by atoms with E-state index in [4.69, 9.17) is 16.3 Å². The first kappa shape index (κ1) is 19.2. The Morgan fingerprint density at radius 1 is 1.32 bits per heavy atom. The van der Waals surface area contributed by atoms with Gasteiger partial charge in [0.15, 0.2) is 4.67 Å². The Hall–Kier alpha value is -2.12. The van der Waals surface area contributed by atoms with Crippen molar-refractivity contribution in [1.82, 2.24) is 3.96 Å². The number of aromatic nitrogens is 1. The Kier molecular flexibility index (Phi) is 5.39. The van der Waals surface area contributed by atoms with Crippen molar-refractivity contribution in [2.24, 2.45) is 4.99 Å². The predicted octanol–water partition coefficient (Wildman–Crippen LogP) is 3.71. The van der Waals surface area contributed by atoms with Crippen molar-refractivity contribution in [2.75, 3.05) is 7.11 Å². The van der Waals surface area contributed by atoms with Crippen LogP contribution in [-0.2, 0) is 5.54 Å². The maximum Gasteiger partial charge on any atom is 0.340 e. The molecule has 0 radical (unpaired) electrons. The summed E-state index contributed by atoms with van der Waals surface area (Å²) in [4.78, 5) is 28.3. The summed E-state index contributed by atoms with van der Waals surface area (Å²) in [7, 11) is 1.44. The number of rotatable bonds is 3. The summed E-state index contributed by atoms with van der Waals surface area (Å²) in [5, 5.41) is 9.90. The number of carbonyl (C=O) groups is 2. The summed E-state index contributed by atoms with van der Waals surface area (Å²) in [5.74, 6) is -1.41. The molecule has 8 heteroatoms. The van der Waals surface area contributed by atoms with Crippen molar-refractivity contribution in [1.29, 1.82) is 0 Å². The topological polar surface area (TPSA) is 80.9 Å². The summed E-state index contributed by atoms with van der Waals surface area (Å²) < 4.78 is 7.14. The third-order valence-corrected chi connectivity index (χ3v) is 5.18. The molecule has 134 valence electrons. The molecule has 1 heterocycles. The predicted molar refractivity (Wildman–Crippen MR) is 96.9 cm³/mol. The molecular weight excluding hydrogens is 364 g/mol. The van der Waals surface area contributed by atoms with Crippen LogP contribution in [0.1, 0.15) is 47.2 Å². The van der Waals surface area contributed by atoms with E-state index in [1.807, 2.05) is 24.7 Å². The van der Waals surface area contributed by atoms with E-state index in [0.29, 0.717) is 16.5 Å². The molecule has 0 spiro atoms. The van der Waals surface area contributed by atoms with Gasteiger partial charge in [0.05, 0.1) is 12.7 Å². The minimum absolute atomic E-state index is 0.0225. The van der Waals surface area contributed by atoms with Crippen molar-refractivity contribution in [2.45, 2.75) is 33.2 Å². The van der Waals surface area contributed by atoms with Crippen molar-refractivity contribution in [3.63, 3.8) is 0 Å². The molecule has 25 heavy (non-hydrogen) atoms. The number of halogens is 1. The van der Waals surface area contributed by atoms with E-state index in [1.165, 1.54) is 13.2 Å². The maximum atomic E-state index is 12.6. The van der Waals surface area contributed by atoms with Crippen molar-refractivity contribution in [3.05, 3.63) is 44.7 Å². The molecule has 6 nitrogen and oxygen atoms in total. The van der Waals surface area contributed by atoms with Crippen molar-refractivity contribution < 1.29 is 19.4 Å². The minimum atomic E-state index is -1.12. The number of carboxylic acid groups (broad SMARTS) is 1. The lowest BCUT2D eigenvalue weighted by Gasteiger charge is -2.21. The fraction of sp³-hybridized carbons (Fsp3) is 0.353. The number of benzene rings is 1. The first-order valence-corrected chi connectivity index (χ1v) is 8.60. The van der Waals surface area contributed by atoms with E-state index in [-0.39, 0.29) is 21.3 Å². The van der Waals surface area contributed by atoms with Crippen LogP contribution in [0, 0.1) is 6.92 Å². The van der Waals surface area contributed by atoms with Crippen LogP contribution in [0.2, 0.25) is 5.02 Å². The van der Waals surface area contributed by atoms with Crippen LogP contribution in [0.5, 0.6) is 5.75 Å². The number of carboxylic acids is 1. The van der Waals surface area contributed by atoms with Gasteiger partial charge in [-0.3, -0.25) is 8.75 Å². The highest BCUT2D eigenvalue weighted by atomic mass is 35.5. The molecule has 1 N–H and O–H groups in total. The molecule has 2 rings (SSSR count). The fourth-order valence-electron chi connectivity index (χ4n) is 2.42. The number of amides is 1. The Morgan fingerprint density at radius 3 is 2.48 bits per heavy atom. The summed E-state index contributed by atoms with van der Waals surface area (Å²) in [6.07, 6.45) is 0. The first-order chi connectivity index (χ1) is 11.6. The molecule has 0 saturated heterocycles. The van der Waals surface area contributed by atoms with Gasteiger partial charge in [0.2, 0.25) is 0 Å². The van der Waals surface area contributed by atoms with E-state index >= 15 is 0 Å². The van der Waals surface area contributed by atoms with Gasteiger partial charge in [0.25, 0.3) is 5.91 Å². The molecule has 0 unspecified atom stereocenters. The second kappa shape index (κ2) is 7.01. The Bertz CT molecular complexity index is 906. The first-order valence-electron chi connectivity index (χ1n) is 7.45. The second-order valence-corrected chi connectivity index (χ2v) is 7.76. The van der Waals surface area contributed by atoms with E-state index in [2.05, 4.69) is 4.99 Å². The average Bonchev–Trinajstić information content (AvgIpc) is 2.83. The van der Waals surface area contributed by atoms with E-state index in [9.17, 15) is 14.7 Å². The van der Waals surface area contributed by atoms with Gasteiger partial charge in [-0.05, 0) is 57.4 Å². The maximum absolute atomic E-state index is 12.6. The number of carbonyl (C=O) groups excluding carboxylic acids is 1. The number of aromatic carboxylic acids is 1. The van der Waals surface area contributed by atoms with E-state index in [0.717, 1.165) is 11.5 Å². The van der Waals surface area contributed by atoms with Gasteiger partial charge < -0.3 is 9.84 Å². The van der Waals surface area contributed by atoms with Gasteiger partial charge >= 0.3 is 5.97 Å². The zero-order valence-corrected chi connectivity index (χ0v) is 16.2. The number of hydrogen-bond donors (Lipinski definition) is 1. The molecule has 2 aromatic rings. The fourth-order valence-corrected chi connectivity index (χ4v) is 3.72. The Labute approximate surface area is 154 Å². The third kappa shape index (κ3) is 3.93. The highest BCUT2D eigenvalue weighted by Gasteiger charge is 2.24. The zero-order valence-electron chi connectivity index (χ0n) is 14.6. The SMILES string of the molecule is COc1ccc(Cl)cc1C(=O)/N=c1\sn(C(C)(C)C)c(C)c1C(=O)O. The molecule has 0 aliphatic carbocycles. The number of nitrogens with zero attached hydrogens (tertiary/aromatic N) is 2. The van der Waals surface area contributed by atoms with Crippen LogP contribution in [0.15, 0.2) is 23.2 Å². The van der Waals surface area contributed by atoms with Gasteiger partial charge in [-0.15, -0.1) is 0 Å². The number of methoxy groups -OCH3 is 1. The smallest absolute Gasteiger partial charge is 0.340 e. The summed E-state index contributed by atoms with van der Waals surface area (Å²) in [6, 6.07) is 4.62. The highest BCUT2D eigenvalue weighted by Crippen LogP contribution is 2.24. The molecule has 0 bridgehead atoms. The molecule has 0 atom stereocenters. The molecular formula is C17H19ClN2O4S. The minimum Gasteiger partial charge on any atom is -0.496 e. The van der Waals surface area contributed by atoms with Crippen LogP contribution in [0.4, 0.5) is 0 Å². The molecule has 0 fully saturated rings. The average molecular weight is 383 g/mol. The van der Waals surface area contributed by atoms with Gasteiger partial charge in [-0.1, -0.05) is 11.6 Å². The standard InChI is InChI=1S/C17H19ClN2O4S/c1-9-13(16(22)23)15(25-20(9)17(2,3)4)19-14(21)11-8-10(18)6-7-12(11)24-5/h6-8H,1-5H3,(H,22,23)/b19-15-. The van der Waals surface area contributed by atoms with Crippen LogP contribution in [-0.4, -0.2) is 28.0 Å². The molecule has 1 aromatic heterocycles. The Balaban J connectivity index is 2.68. The molecule has 0 saturated carbocycles. The Morgan fingerprint density at radius 2 is 1.96 bits per heavy atom. The highest BCUT2D eigenvalue weighted by molar-refractivity contribution is 7.04. The molecule has 1 aromatic carbocycles. The monoisotopic (exact) mass is 382 g/mol. The van der Waals surface area contributed by atoms with Gasteiger partial charge in [-0.25, -0.2) is 4.79 Å². The lowest BCUT2D eigenvalue weighted by atomic mass is 10.1. The van der Waals surface area contributed by atoms with Gasteiger partial charge in [0.1, 0.15) is 11.3 Å². The van der Waals surface area contributed by atoms with Crippen LogP contribution >= 0.6 is 23.1 Å². The second-order valence-electron chi connectivity index (χ2n) is 6.39. The molecule has 0 aliphatic heterocycles. The van der Waals surface area contributed by atoms with Crippen LogP contribution in [0.3, 0.4) is 0 Å². The summed E-state index contributed by atoms with van der Waals surface area (Å²) in [5.41, 5.74) is 0.423. The van der Waals surface area contributed by atoms with E-state index < -0.39 is 11.9 Å². The lowest BCUT2D eigenvalue weighted by Crippen LogP contribution is -2.21. The zero-order chi connectivity index (χ0) is 18.9. The quantitative estimate of drug-likeness (QED) is 0.877. The van der Waals surface area contributed by atoms with E-state index in [1.54, 1.807) is 19.1 Å². The normalized spacial score (nSPS) is 12.3. The van der Waals surface area contributed by atoms with Gasteiger partial charge in [-0.2, -0.15) is 4.99 Å². The van der Waals surface area contributed by atoms with Gasteiger partial charge in [0, 0.05) is 16.3 Å². The number of hydrogen-bond acceptors (Lipinski definition) is 4.